The summed E-state index contributed by atoms with van der Waals surface area (Å²) in [5, 5.41) is 2.12. The van der Waals surface area contributed by atoms with Crippen LogP contribution in [0.25, 0.3) is 0 Å². The summed E-state index contributed by atoms with van der Waals surface area (Å²) in [6, 6.07) is 1.53. The Morgan fingerprint density at radius 3 is 2.72 bits per heavy atom. The molecule has 2 fully saturated rings. The van der Waals surface area contributed by atoms with Crippen molar-refractivity contribution < 1.29 is 0 Å². The van der Waals surface area contributed by atoms with Gasteiger partial charge in [-0.15, -0.1) is 0 Å². The normalized spacial score (nSPS) is 22.1. The predicted molar refractivity (Wildman–Crippen MR) is 69.5 cm³/mol. The molecule has 2 N–H and O–H groups in total. The highest BCUT2D eigenvalue weighted by Gasteiger charge is 2.26. The predicted octanol–water partition coefficient (Wildman–Crippen LogP) is 0.222. The molecule has 18 heavy (non-hydrogen) atoms. The van der Waals surface area contributed by atoms with Crippen LogP contribution in [0.2, 0.25) is 0 Å². The van der Waals surface area contributed by atoms with E-state index in [1.165, 1.54) is 6.07 Å². The first-order valence-electron chi connectivity index (χ1n) is 6.52. The molecule has 0 radical (unpaired) electrons. The molecule has 0 aromatic carbocycles. The van der Waals surface area contributed by atoms with Crippen molar-refractivity contribution in [2.75, 3.05) is 38.7 Å². The third-order valence-electron chi connectivity index (χ3n) is 3.50. The lowest BCUT2D eigenvalue weighted by atomic mass is 10.4. The first-order valence-corrected chi connectivity index (χ1v) is 6.52. The van der Waals surface area contributed by atoms with E-state index in [0.717, 1.165) is 44.8 Å². The van der Waals surface area contributed by atoms with Gasteiger partial charge in [0.15, 0.2) is 0 Å². The van der Waals surface area contributed by atoms with Gasteiger partial charge in [0.25, 0.3) is 5.56 Å². The van der Waals surface area contributed by atoms with E-state index in [-0.39, 0.29) is 5.56 Å². The van der Waals surface area contributed by atoms with Gasteiger partial charge in [0.2, 0.25) is 0 Å². The third kappa shape index (κ3) is 2.70. The first kappa shape index (κ1) is 11.7. The third-order valence-corrected chi connectivity index (χ3v) is 3.50. The Morgan fingerprint density at radius 2 is 2.06 bits per heavy atom. The lowest BCUT2D eigenvalue weighted by Gasteiger charge is -2.32. The topological polar surface area (TPSA) is 64.3 Å². The average molecular weight is 249 g/mol. The number of H-pyrrole nitrogens is 1. The van der Waals surface area contributed by atoms with Crippen molar-refractivity contribution >= 4 is 5.82 Å². The number of aromatic nitrogens is 2. The van der Waals surface area contributed by atoms with Crippen LogP contribution in [0.15, 0.2) is 10.9 Å². The largest absolute Gasteiger partial charge is 0.310 e. The number of piperazine rings is 1. The van der Waals surface area contributed by atoms with Gasteiger partial charge in [0.05, 0.1) is 0 Å². The fourth-order valence-electron chi connectivity index (χ4n) is 2.16. The molecule has 0 bridgehead atoms. The Labute approximate surface area is 106 Å². The van der Waals surface area contributed by atoms with E-state index < -0.39 is 0 Å². The molecule has 2 heterocycles. The highest BCUT2D eigenvalue weighted by atomic mass is 16.1. The van der Waals surface area contributed by atoms with E-state index >= 15 is 0 Å². The van der Waals surface area contributed by atoms with Crippen molar-refractivity contribution in [1.29, 1.82) is 0 Å². The fraction of sp³-hybridized carbons (Fsp3) is 0.667. The molecule has 0 atom stereocenters. The molecule has 1 aromatic rings. The number of hydrazine groups is 1. The summed E-state index contributed by atoms with van der Waals surface area (Å²) >= 11 is 0. The summed E-state index contributed by atoms with van der Waals surface area (Å²) < 4.78 is 0. The maximum atomic E-state index is 11.6. The van der Waals surface area contributed by atoms with Crippen molar-refractivity contribution in [2.45, 2.75) is 18.8 Å². The molecule has 1 saturated heterocycles. The standard InChI is InChI=1S/C12H19N5O/c1-16-4-6-17(7-5-16)15-10-8-11(18)14-12(13-10)9-2-3-9/h8-9H,2-7H2,1H3,(H2,13,14,15,18). The summed E-state index contributed by atoms with van der Waals surface area (Å²) in [5.74, 6) is 1.97. The van der Waals surface area contributed by atoms with Crippen LogP contribution >= 0.6 is 0 Å². The molecule has 1 aromatic heterocycles. The average Bonchev–Trinajstić information content (AvgIpc) is 3.15. The number of rotatable bonds is 3. The van der Waals surface area contributed by atoms with Crippen LogP contribution in [0.4, 0.5) is 5.82 Å². The highest BCUT2D eigenvalue weighted by molar-refractivity contribution is 5.32. The maximum absolute atomic E-state index is 11.6. The van der Waals surface area contributed by atoms with Crippen LogP contribution in [0.1, 0.15) is 24.6 Å². The van der Waals surface area contributed by atoms with Crippen molar-refractivity contribution in [3.63, 3.8) is 0 Å². The minimum atomic E-state index is -0.0662. The molecule has 2 aliphatic rings. The second-order valence-corrected chi connectivity index (χ2v) is 5.19. The van der Waals surface area contributed by atoms with Crippen LogP contribution in [0.3, 0.4) is 0 Å². The number of nitrogens with zero attached hydrogens (tertiary/aromatic N) is 3. The molecular formula is C12H19N5O. The van der Waals surface area contributed by atoms with E-state index in [2.05, 4.69) is 32.4 Å². The minimum absolute atomic E-state index is 0.0662. The Bertz CT molecular complexity index is 474. The van der Waals surface area contributed by atoms with Crippen molar-refractivity contribution in [1.82, 2.24) is 19.9 Å². The monoisotopic (exact) mass is 249 g/mol. The maximum Gasteiger partial charge on any atom is 0.253 e. The van der Waals surface area contributed by atoms with Crippen LogP contribution in [0, 0.1) is 0 Å². The Hall–Kier alpha value is -1.40. The highest BCUT2D eigenvalue weighted by Crippen LogP contribution is 2.37. The van der Waals surface area contributed by atoms with Gasteiger partial charge in [-0.05, 0) is 19.9 Å². The SMILES string of the molecule is CN1CCN(Nc2cc(=O)[nH]c(C3CC3)n2)CC1. The zero-order chi connectivity index (χ0) is 12.5. The lowest BCUT2D eigenvalue weighted by Crippen LogP contribution is -2.47. The number of nitrogens with one attached hydrogen (secondary N) is 2. The molecule has 0 amide bonds. The van der Waals surface area contributed by atoms with Gasteiger partial charge >= 0.3 is 0 Å². The van der Waals surface area contributed by atoms with Crippen molar-refractivity contribution in [3.8, 4) is 0 Å². The quantitative estimate of drug-likeness (QED) is 0.802. The summed E-state index contributed by atoms with van der Waals surface area (Å²) in [4.78, 5) is 21.2. The van der Waals surface area contributed by atoms with E-state index in [0.29, 0.717) is 11.7 Å². The lowest BCUT2D eigenvalue weighted by molar-refractivity contribution is 0.178. The Kier molecular flexibility index (Phi) is 3.05. The Balaban J connectivity index is 1.70. The second kappa shape index (κ2) is 4.70. The molecule has 6 nitrogen and oxygen atoms in total. The first-order chi connectivity index (χ1) is 8.70. The van der Waals surface area contributed by atoms with Gasteiger partial charge in [0.1, 0.15) is 11.6 Å². The molecule has 98 valence electrons. The molecule has 1 saturated carbocycles. The molecule has 0 spiro atoms. The van der Waals surface area contributed by atoms with E-state index in [9.17, 15) is 4.79 Å². The zero-order valence-electron chi connectivity index (χ0n) is 10.6. The molecule has 1 aliphatic heterocycles. The van der Waals surface area contributed by atoms with Crippen LogP contribution < -0.4 is 11.0 Å². The molecular weight excluding hydrogens is 230 g/mol. The van der Waals surface area contributed by atoms with Crippen LogP contribution in [0.5, 0.6) is 0 Å². The van der Waals surface area contributed by atoms with E-state index in [4.69, 9.17) is 0 Å². The van der Waals surface area contributed by atoms with Crippen LogP contribution in [-0.2, 0) is 0 Å². The van der Waals surface area contributed by atoms with E-state index in [1.54, 1.807) is 0 Å². The summed E-state index contributed by atoms with van der Waals surface area (Å²) in [5.41, 5.74) is 3.17. The van der Waals surface area contributed by atoms with Gasteiger partial charge in [-0.25, -0.2) is 9.99 Å². The van der Waals surface area contributed by atoms with Gasteiger partial charge in [-0.1, -0.05) is 0 Å². The fourth-order valence-corrected chi connectivity index (χ4v) is 2.16. The smallest absolute Gasteiger partial charge is 0.253 e. The number of hydrogen-bond donors (Lipinski definition) is 2. The van der Waals surface area contributed by atoms with Gasteiger partial charge in [-0.3, -0.25) is 4.79 Å². The second-order valence-electron chi connectivity index (χ2n) is 5.19. The number of anilines is 1. The number of hydrogen-bond acceptors (Lipinski definition) is 5. The van der Waals surface area contributed by atoms with Gasteiger partial charge in [0, 0.05) is 38.2 Å². The summed E-state index contributed by atoms with van der Waals surface area (Å²) in [6.45, 7) is 3.96. The minimum Gasteiger partial charge on any atom is -0.310 e. The molecule has 3 rings (SSSR count). The Morgan fingerprint density at radius 1 is 1.33 bits per heavy atom. The van der Waals surface area contributed by atoms with Crippen molar-refractivity contribution in [2.24, 2.45) is 0 Å². The molecule has 0 unspecified atom stereocenters. The zero-order valence-corrected chi connectivity index (χ0v) is 10.6. The van der Waals surface area contributed by atoms with Gasteiger partial charge < -0.3 is 15.3 Å². The van der Waals surface area contributed by atoms with Crippen molar-refractivity contribution in [3.05, 3.63) is 22.2 Å². The molecule has 6 heteroatoms. The van der Waals surface area contributed by atoms with E-state index in [1.807, 2.05) is 0 Å². The van der Waals surface area contributed by atoms with Gasteiger partial charge in [-0.2, -0.15) is 0 Å². The number of aromatic amines is 1. The molecule has 1 aliphatic carbocycles. The van der Waals surface area contributed by atoms with Crippen LogP contribution in [-0.4, -0.2) is 53.1 Å². The summed E-state index contributed by atoms with van der Waals surface area (Å²) in [6.07, 6.45) is 2.28. The number of likely N-dealkylation sites (N-methyl/N-ethyl adjacent to an activating group) is 1. The summed E-state index contributed by atoms with van der Waals surface area (Å²) in [7, 11) is 2.12.